The summed E-state index contributed by atoms with van der Waals surface area (Å²) in [5.74, 6) is -1.26. The fourth-order valence-electron chi connectivity index (χ4n) is 3.74. The number of carboxylic acids is 1. The summed E-state index contributed by atoms with van der Waals surface area (Å²) in [6, 6.07) is 22.0. The van der Waals surface area contributed by atoms with E-state index >= 15 is 0 Å². The SMILES string of the molecule is COc1ccc(-n2nc(-c3ccc(Cl)c(Cl)c3)cc2CC(C(=O)[O-])c2cccc(C)c2)cc1.[Na+]. The Bertz CT molecular complexity index is 1310. The Kier molecular flexibility index (Phi) is 8.85. The maximum Gasteiger partial charge on any atom is 1.00 e. The smallest absolute Gasteiger partial charge is 0.549 e. The third kappa shape index (κ3) is 5.85. The van der Waals surface area contributed by atoms with E-state index in [4.69, 9.17) is 33.0 Å². The van der Waals surface area contributed by atoms with Gasteiger partial charge in [0.25, 0.3) is 0 Å². The maximum atomic E-state index is 12.1. The Labute approximate surface area is 230 Å². The number of methoxy groups -OCH3 is 1. The van der Waals surface area contributed by atoms with Crippen LogP contribution in [-0.4, -0.2) is 22.9 Å². The molecule has 4 rings (SSSR count). The van der Waals surface area contributed by atoms with Crippen LogP contribution in [0.25, 0.3) is 16.9 Å². The number of aromatic nitrogens is 2. The van der Waals surface area contributed by atoms with E-state index in [1.54, 1.807) is 30.0 Å². The minimum atomic E-state index is -1.14. The fraction of sp³-hybridized carbons (Fsp3) is 0.154. The van der Waals surface area contributed by atoms with Crippen LogP contribution < -0.4 is 39.4 Å². The van der Waals surface area contributed by atoms with Crippen molar-refractivity contribution in [3.63, 3.8) is 0 Å². The summed E-state index contributed by atoms with van der Waals surface area (Å²) in [5.41, 5.74) is 4.60. The molecule has 0 fully saturated rings. The van der Waals surface area contributed by atoms with Crippen LogP contribution in [0, 0.1) is 6.92 Å². The fourth-order valence-corrected chi connectivity index (χ4v) is 4.04. The van der Waals surface area contributed by atoms with Gasteiger partial charge in [0.05, 0.1) is 28.5 Å². The Morgan fingerprint density at radius 1 is 1.03 bits per heavy atom. The topological polar surface area (TPSA) is 67.2 Å². The Balaban J connectivity index is 0.00000324. The quantitative estimate of drug-likeness (QED) is 0.363. The van der Waals surface area contributed by atoms with Gasteiger partial charge in [-0.1, -0.05) is 59.1 Å². The zero-order chi connectivity index (χ0) is 23.5. The summed E-state index contributed by atoms with van der Waals surface area (Å²) in [5, 5.41) is 17.7. The van der Waals surface area contributed by atoms with Gasteiger partial charge < -0.3 is 14.6 Å². The first-order valence-electron chi connectivity index (χ1n) is 10.3. The first-order chi connectivity index (χ1) is 15.9. The largest absolute Gasteiger partial charge is 1.00 e. The predicted molar refractivity (Wildman–Crippen MR) is 128 cm³/mol. The van der Waals surface area contributed by atoms with E-state index in [2.05, 4.69) is 0 Å². The van der Waals surface area contributed by atoms with Crippen molar-refractivity contribution in [3.05, 3.63) is 99.7 Å². The van der Waals surface area contributed by atoms with Crippen molar-refractivity contribution in [1.29, 1.82) is 0 Å². The van der Waals surface area contributed by atoms with Gasteiger partial charge in [0.1, 0.15) is 5.75 Å². The van der Waals surface area contributed by atoms with Crippen LogP contribution in [0.5, 0.6) is 5.75 Å². The number of rotatable bonds is 7. The normalized spacial score (nSPS) is 11.5. The van der Waals surface area contributed by atoms with Crippen molar-refractivity contribution >= 4 is 29.2 Å². The van der Waals surface area contributed by atoms with Crippen molar-refractivity contribution in [1.82, 2.24) is 9.78 Å². The molecule has 0 radical (unpaired) electrons. The molecule has 34 heavy (non-hydrogen) atoms. The zero-order valence-electron chi connectivity index (χ0n) is 19.1. The number of aryl methyl sites for hydroxylation is 1. The molecule has 0 aliphatic rings. The van der Waals surface area contributed by atoms with E-state index in [0.717, 1.165) is 22.5 Å². The number of hydrogen-bond acceptors (Lipinski definition) is 4. The van der Waals surface area contributed by atoms with Crippen LogP contribution in [0.3, 0.4) is 0 Å². The number of carbonyl (C=O) groups excluding carboxylic acids is 1. The van der Waals surface area contributed by atoms with Crippen molar-refractivity contribution in [2.75, 3.05) is 7.11 Å². The molecule has 8 heteroatoms. The Hall–Kier alpha value is -2.28. The first kappa shape index (κ1) is 26.3. The molecule has 0 spiro atoms. The second-order valence-electron chi connectivity index (χ2n) is 7.75. The predicted octanol–water partition coefficient (Wildman–Crippen LogP) is 2.24. The molecule has 0 aliphatic carbocycles. The minimum absolute atomic E-state index is 0. The summed E-state index contributed by atoms with van der Waals surface area (Å²) in [7, 11) is 1.60. The molecule has 1 atom stereocenters. The standard InChI is InChI=1S/C26H22Cl2N2O3.Na/c1-16-4-3-5-17(12-16)22(26(31)32)14-20-15-25(18-6-11-23(27)24(28)13-18)29-30(20)19-7-9-21(33-2)10-8-19;/h3-13,15,22H,14H2,1-2H3,(H,31,32);/q;+1/p-1. The van der Waals surface area contributed by atoms with Crippen molar-refractivity contribution in [3.8, 4) is 22.7 Å². The van der Waals surface area contributed by atoms with Gasteiger partial charge in [0, 0.05) is 29.6 Å². The minimum Gasteiger partial charge on any atom is -0.549 e. The van der Waals surface area contributed by atoms with Gasteiger partial charge in [-0.25, -0.2) is 4.68 Å². The summed E-state index contributed by atoms with van der Waals surface area (Å²) in [4.78, 5) is 12.1. The van der Waals surface area contributed by atoms with Crippen LogP contribution in [0.15, 0.2) is 72.8 Å². The average Bonchev–Trinajstić information content (AvgIpc) is 3.23. The van der Waals surface area contributed by atoms with Gasteiger partial charge in [-0.05, 0) is 55.0 Å². The number of ether oxygens (including phenoxy) is 1. The number of hydrogen-bond donors (Lipinski definition) is 0. The van der Waals surface area contributed by atoms with Crippen LogP contribution in [0.1, 0.15) is 22.7 Å². The third-order valence-corrected chi connectivity index (χ3v) is 6.20. The summed E-state index contributed by atoms with van der Waals surface area (Å²) < 4.78 is 7.00. The molecular weight excluding hydrogens is 482 g/mol. The molecule has 5 nitrogen and oxygen atoms in total. The maximum absolute atomic E-state index is 12.1. The number of nitrogens with zero attached hydrogens (tertiary/aromatic N) is 2. The molecule has 1 unspecified atom stereocenters. The molecule has 1 heterocycles. The molecule has 0 N–H and O–H groups in total. The molecular formula is C26H21Cl2N2NaO3. The van der Waals surface area contributed by atoms with Crippen LogP contribution in [-0.2, 0) is 11.2 Å². The van der Waals surface area contributed by atoms with Crippen molar-refractivity contribution < 1.29 is 44.2 Å². The molecule has 0 bridgehead atoms. The average molecular weight is 503 g/mol. The Morgan fingerprint density at radius 2 is 1.76 bits per heavy atom. The van der Waals surface area contributed by atoms with E-state index in [0.29, 0.717) is 27.1 Å². The van der Waals surface area contributed by atoms with E-state index in [-0.39, 0.29) is 36.0 Å². The number of halogens is 2. The van der Waals surface area contributed by atoms with E-state index < -0.39 is 11.9 Å². The second-order valence-corrected chi connectivity index (χ2v) is 8.56. The van der Waals surface area contributed by atoms with Crippen LogP contribution >= 0.6 is 23.2 Å². The van der Waals surface area contributed by atoms with Gasteiger partial charge in [-0.15, -0.1) is 0 Å². The number of carboxylic acid groups (broad SMARTS) is 1. The molecule has 0 amide bonds. The van der Waals surface area contributed by atoms with E-state index in [1.807, 2.05) is 61.5 Å². The molecule has 1 aromatic heterocycles. The van der Waals surface area contributed by atoms with Crippen LogP contribution in [0.4, 0.5) is 0 Å². The second kappa shape index (κ2) is 11.4. The first-order valence-corrected chi connectivity index (χ1v) is 11.1. The Morgan fingerprint density at radius 3 is 2.38 bits per heavy atom. The number of benzene rings is 3. The number of carbonyl (C=O) groups is 1. The monoisotopic (exact) mass is 502 g/mol. The summed E-state index contributed by atoms with van der Waals surface area (Å²) >= 11 is 12.3. The van der Waals surface area contributed by atoms with Gasteiger partial charge in [0.15, 0.2) is 0 Å². The molecule has 0 aliphatic heterocycles. The van der Waals surface area contributed by atoms with E-state index in [9.17, 15) is 9.90 Å². The van der Waals surface area contributed by atoms with Gasteiger partial charge >= 0.3 is 29.6 Å². The van der Waals surface area contributed by atoms with Crippen LogP contribution in [0.2, 0.25) is 10.0 Å². The molecule has 0 saturated heterocycles. The molecule has 0 saturated carbocycles. The van der Waals surface area contributed by atoms with Gasteiger partial charge in [-0.2, -0.15) is 5.10 Å². The third-order valence-electron chi connectivity index (χ3n) is 5.46. The molecule has 3 aromatic carbocycles. The number of aliphatic carboxylic acids is 1. The van der Waals surface area contributed by atoms with Gasteiger partial charge in [0.2, 0.25) is 0 Å². The van der Waals surface area contributed by atoms with E-state index in [1.165, 1.54) is 0 Å². The van der Waals surface area contributed by atoms with Crippen molar-refractivity contribution in [2.45, 2.75) is 19.3 Å². The molecule has 4 aromatic rings. The molecule has 168 valence electrons. The summed E-state index contributed by atoms with van der Waals surface area (Å²) in [6.45, 7) is 1.93. The van der Waals surface area contributed by atoms with Gasteiger partial charge in [-0.3, -0.25) is 0 Å². The zero-order valence-corrected chi connectivity index (χ0v) is 22.6. The van der Waals surface area contributed by atoms with Crippen molar-refractivity contribution in [2.24, 2.45) is 0 Å². The summed E-state index contributed by atoms with van der Waals surface area (Å²) in [6.07, 6.45) is 0.201.